The summed E-state index contributed by atoms with van der Waals surface area (Å²) >= 11 is 0. The van der Waals surface area contributed by atoms with Crippen LogP contribution in [0.1, 0.15) is 36.5 Å². The molecule has 1 aromatic heterocycles. The Morgan fingerprint density at radius 3 is 3.00 bits per heavy atom. The molecule has 0 aliphatic carbocycles. The molecule has 2 atom stereocenters. The summed E-state index contributed by atoms with van der Waals surface area (Å²) < 4.78 is 0. The minimum absolute atomic E-state index is 0.0595. The third kappa shape index (κ3) is 2.86. The van der Waals surface area contributed by atoms with Crippen LogP contribution in [0.4, 0.5) is 0 Å². The number of rotatable bonds is 3. The molecule has 1 N–H and O–H groups in total. The fourth-order valence-corrected chi connectivity index (χ4v) is 4.23. The van der Waals surface area contributed by atoms with E-state index < -0.39 is 0 Å². The highest BCUT2D eigenvalue weighted by molar-refractivity contribution is 5.83. The van der Waals surface area contributed by atoms with Crippen LogP contribution in [0.25, 0.3) is 11.3 Å². The summed E-state index contributed by atoms with van der Waals surface area (Å²) in [5.41, 5.74) is 5.92. The number of hydrogen-bond donors (Lipinski definition) is 1. The predicted octanol–water partition coefficient (Wildman–Crippen LogP) is 2.89. The Hall–Kier alpha value is -2.14. The summed E-state index contributed by atoms with van der Waals surface area (Å²) in [4.78, 5) is 17.1. The molecule has 25 heavy (non-hydrogen) atoms. The predicted molar refractivity (Wildman–Crippen MR) is 98.1 cm³/mol. The van der Waals surface area contributed by atoms with E-state index in [2.05, 4.69) is 52.0 Å². The topological polar surface area (TPSA) is 52.2 Å². The molecule has 0 saturated carbocycles. The standard InChI is InChI=1S/C20H26N4O/c1-13-6-7-14(2)18(9-13)19-16(10-21-22-19)11-23-12-17-5-4-8-24(17)20(25)15(23)3/h6-7,9-10,15,17H,4-5,8,11-12H2,1-3H3,(H,21,22)/t15-,17+/m1/s1. The number of aromatic amines is 1. The quantitative estimate of drug-likeness (QED) is 0.936. The van der Waals surface area contributed by atoms with Crippen LogP contribution in [-0.4, -0.2) is 51.1 Å². The van der Waals surface area contributed by atoms with Crippen molar-refractivity contribution in [1.29, 1.82) is 0 Å². The molecule has 2 aliphatic rings. The van der Waals surface area contributed by atoms with Gasteiger partial charge in [-0.05, 0) is 45.2 Å². The average molecular weight is 338 g/mol. The van der Waals surface area contributed by atoms with Crippen molar-refractivity contribution < 1.29 is 4.79 Å². The molecule has 2 aliphatic heterocycles. The van der Waals surface area contributed by atoms with E-state index in [1.54, 1.807) is 0 Å². The lowest BCUT2D eigenvalue weighted by Crippen LogP contribution is -2.58. The Bertz CT molecular complexity index is 797. The van der Waals surface area contributed by atoms with Gasteiger partial charge in [-0.25, -0.2) is 0 Å². The van der Waals surface area contributed by atoms with E-state index in [1.807, 2.05) is 13.1 Å². The zero-order valence-electron chi connectivity index (χ0n) is 15.2. The first kappa shape index (κ1) is 16.3. The van der Waals surface area contributed by atoms with Gasteiger partial charge in [-0.3, -0.25) is 14.8 Å². The number of benzene rings is 1. The number of amides is 1. The number of H-pyrrole nitrogens is 1. The summed E-state index contributed by atoms with van der Waals surface area (Å²) in [6.07, 6.45) is 4.18. The summed E-state index contributed by atoms with van der Waals surface area (Å²) in [5, 5.41) is 7.48. The first-order valence-electron chi connectivity index (χ1n) is 9.19. The van der Waals surface area contributed by atoms with Gasteiger partial charge < -0.3 is 4.90 Å². The lowest BCUT2D eigenvalue weighted by molar-refractivity contribution is -0.143. The molecule has 0 spiro atoms. The van der Waals surface area contributed by atoms with Gasteiger partial charge in [0, 0.05) is 36.8 Å². The van der Waals surface area contributed by atoms with Gasteiger partial charge in [0.25, 0.3) is 0 Å². The number of nitrogens with zero attached hydrogens (tertiary/aromatic N) is 3. The van der Waals surface area contributed by atoms with E-state index in [0.29, 0.717) is 6.04 Å². The number of carbonyl (C=O) groups is 1. The van der Waals surface area contributed by atoms with Crippen LogP contribution >= 0.6 is 0 Å². The average Bonchev–Trinajstić information content (AvgIpc) is 3.24. The van der Waals surface area contributed by atoms with Crippen molar-refractivity contribution in [3.63, 3.8) is 0 Å². The molecule has 0 unspecified atom stereocenters. The van der Waals surface area contributed by atoms with E-state index >= 15 is 0 Å². The first-order chi connectivity index (χ1) is 12.0. The normalized spacial score (nSPS) is 24.0. The molecular weight excluding hydrogens is 312 g/mol. The molecule has 0 bridgehead atoms. The van der Waals surface area contributed by atoms with Gasteiger partial charge in [0.1, 0.15) is 0 Å². The van der Waals surface area contributed by atoms with E-state index in [0.717, 1.165) is 38.2 Å². The lowest BCUT2D eigenvalue weighted by atomic mass is 9.99. The van der Waals surface area contributed by atoms with Crippen molar-refractivity contribution in [2.75, 3.05) is 13.1 Å². The number of fused-ring (bicyclic) bond motifs is 1. The summed E-state index contributed by atoms with van der Waals surface area (Å²) in [7, 11) is 0. The van der Waals surface area contributed by atoms with Crippen LogP contribution in [0.15, 0.2) is 24.4 Å². The second-order valence-electron chi connectivity index (χ2n) is 7.52. The molecule has 1 amide bonds. The van der Waals surface area contributed by atoms with Crippen LogP contribution in [0.5, 0.6) is 0 Å². The van der Waals surface area contributed by atoms with Gasteiger partial charge in [0.2, 0.25) is 5.91 Å². The van der Waals surface area contributed by atoms with Crippen molar-refractivity contribution in [2.45, 2.75) is 52.2 Å². The van der Waals surface area contributed by atoms with Gasteiger partial charge in [-0.2, -0.15) is 5.10 Å². The van der Waals surface area contributed by atoms with Crippen LogP contribution < -0.4 is 0 Å². The summed E-state index contributed by atoms with van der Waals surface area (Å²) in [6, 6.07) is 6.82. The Kier molecular flexibility index (Phi) is 4.12. The molecule has 5 heteroatoms. The molecular formula is C20H26N4O. The molecule has 2 saturated heterocycles. The monoisotopic (exact) mass is 338 g/mol. The van der Waals surface area contributed by atoms with Crippen molar-refractivity contribution >= 4 is 5.91 Å². The van der Waals surface area contributed by atoms with Crippen LogP contribution in [-0.2, 0) is 11.3 Å². The summed E-state index contributed by atoms with van der Waals surface area (Å²) in [6.45, 7) is 8.93. The molecule has 3 heterocycles. The second-order valence-corrected chi connectivity index (χ2v) is 7.52. The Balaban J connectivity index is 1.61. The highest BCUT2D eigenvalue weighted by Gasteiger charge is 2.40. The van der Waals surface area contributed by atoms with E-state index in [1.165, 1.54) is 22.3 Å². The van der Waals surface area contributed by atoms with Gasteiger partial charge in [-0.15, -0.1) is 0 Å². The molecule has 5 nitrogen and oxygen atoms in total. The van der Waals surface area contributed by atoms with Crippen molar-refractivity contribution in [1.82, 2.24) is 20.0 Å². The molecule has 4 rings (SSSR count). The van der Waals surface area contributed by atoms with Crippen LogP contribution in [0.3, 0.4) is 0 Å². The van der Waals surface area contributed by atoms with Gasteiger partial charge in [0.05, 0.1) is 17.9 Å². The van der Waals surface area contributed by atoms with Gasteiger partial charge >= 0.3 is 0 Å². The van der Waals surface area contributed by atoms with Crippen LogP contribution in [0.2, 0.25) is 0 Å². The third-order valence-corrected chi connectivity index (χ3v) is 5.76. The maximum absolute atomic E-state index is 12.7. The van der Waals surface area contributed by atoms with Crippen molar-refractivity contribution in [3.8, 4) is 11.3 Å². The molecule has 132 valence electrons. The number of nitrogens with one attached hydrogen (secondary N) is 1. The fraction of sp³-hybridized carbons (Fsp3) is 0.500. The Labute approximate surface area is 149 Å². The highest BCUT2D eigenvalue weighted by atomic mass is 16.2. The lowest BCUT2D eigenvalue weighted by Gasteiger charge is -2.41. The Morgan fingerprint density at radius 2 is 2.16 bits per heavy atom. The molecule has 2 fully saturated rings. The van der Waals surface area contributed by atoms with E-state index in [4.69, 9.17) is 0 Å². The number of aromatic nitrogens is 2. The number of hydrogen-bond acceptors (Lipinski definition) is 3. The van der Waals surface area contributed by atoms with E-state index in [-0.39, 0.29) is 11.9 Å². The van der Waals surface area contributed by atoms with Gasteiger partial charge in [0.15, 0.2) is 0 Å². The van der Waals surface area contributed by atoms with E-state index in [9.17, 15) is 4.79 Å². The highest BCUT2D eigenvalue weighted by Crippen LogP contribution is 2.30. The molecule has 1 aromatic carbocycles. The zero-order chi connectivity index (χ0) is 17.6. The number of piperazine rings is 1. The van der Waals surface area contributed by atoms with Crippen LogP contribution in [0, 0.1) is 13.8 Å². The Morgan fingerprint density at radius 1 is 1.32 bits per heavy atom. The fourth-order valence-electron chi connectivity index (χ4n) is 4.23. The second kappa shape index (κ2) is 6.30. The molecule has 2 aromatic rings. The maximum atomic E-state index is 12.7. The zero-order valence-corrected chi connectivity index (χ0v) is 15.2. The minimum Gasteiger partial charge on any atom is -0.337 e. The number of carbonyl (C=O) groups excluding carboxylic acids is 1. The smallest absolute Gasteiger partial charge is 0.239 e. The third-order valence-electron chi connectivity index (χ3n) is 5.76. The maximum Gasteiger partial charge on any atom is 0.239 e. The minimum atomic E-state index is -0.0595. The summed E-state index contributed by atoms with van der Waals surface area (Å²) in [5.74, 6) is 0.283. The van der Waals surface area contributed by atoms with Crippen molar-refractivity contribution in [2.24, 2.45) is 0 Å². The largest absolute Gasteiger partial charge is 0.337 e. The first-order valence-corrected chi connectivity index (χ1v) is 9.19. The molecule has 0 radical (unpaired) electrons. The SMILES string of the molecule is Cc1ccc(C)c(-c2[nH]ncc2CN2C[C@@H]3CCCN3C(=O)[C@H]2C)c1. The van der Waals surface area contributed by atoms with Crippen molar-refractivity contribution in [3.05, 3.63) is 41.1 Å². The van der Waals surface area contributed by atoms with Gasteiger partial charge in [-0.1, -0.05) is 17.7 Å². The number of aryl methyl sites for hydroxylation is 2.